The first-order chi connectivity index (χ1) is 15.3. The number of thiocarbonyl (C=S) groups is 1. The zero-order valence-corrected chi connectivity index (χ0v) is 19.9. The van der Waals surface area contributed by atoms with Crippen LogP contribution in [0.25, 0.3) is 0 Å². The number of ether oxygens (including phenoxy) is 1. The summed E-state index contributed by atoms with van der Waals surface area (Å²) in [5.41, 5.74) is 2.26. The predicted molar refractivity (Wildman–Crippen MR) is 134 cm³/mol. The molecule has 0 atom stereocenters. The van der Waals surface area contributed by atoms with Crippen molar-refractivity contribution >= 4 is 56.4 Å². The van der Waals surface area contributed by atoms with Crippen LogP contribution in [0.3, 0.4) is 0 Å². The highest BCUT2D eigenvalue weighted by molar-refractivity contribution is 9.10. The number of carbonyl (C=O) groups is 2. The molecule has 0 aliphatic rings. The van der Waals surface area contributed by atoms with Crippen LogP contribution in [-0.4, -0.2) is 23.0 Å². The lowest BCUT2D eigenvalue weighted by Gasteiger charge is -2.15. The summed E-state index contributed by atoms with van der Waals surface area (Å²) in [5, 5.41) is 8.61. The zero-order valence-electron chi connectivity index (χ0n) is 17.5. The molecule has 3 aromatic rings. The fourth-order valence-electron chi connectivity index (χ4n) is 2.80. The molecule has 6 nitrogen and oxygen atoms in total. The second-order valence-corrected chi connectivity index (χ2v) is 8.44. The molecule has 3 aromatic carbocycles. The molecule has 164 valence electrons. The van der Waals surface area contributed by atoms with Crippen LogP contribution in [0.1, 0.15) is 34.6 Å². The molecule has 0 bridgehead atoms. The number of nitrogens with one attached hydrogen (secondary N) is 3. The number of carbonyl (C=O) groups excluding carboxylic acids is 2. The molecule has 0 aliphatic carbocycles. The topological polar surface area (TPSA) is 79.5 Å². The maximum Gasteiger partial charge on any atom is 0.261 e. The molecule has 0 aromatic heterocycles. The van der Waals surface area contributed by atoms with E-state index in [-0.39, 0.29) is 23.0 Å². The van der Waals surface area contributed by atoms with Gasteiger partial charge >= 0.3 is 0 Å². The molecular formula is C24H22BrN3O3S. The average molecular weight is 512 g/mol. The first-order valence-electron chi connectivity index (χ1n) is 9.87. The molecule has 0 fully saturated rings. The van der Waals surface area contributed by atoms with E-state index in [1.807, 2.05) is 38.1 Å². The minimum absolute atomic E-state index is 0.0753. The summed E-state index contributed by atoms with van der Waals surface area (Å²) in [6, 6.07) is 21.2. The maximum absolute atomic E-state index is 12.7. The van der Waals surface area contributed by atoms with Gasteiger partial charge in [0.25, 0.3) is 11.8 Å². The van der Waals surface area contributed by atoms with E-state index in [0.717, 1.165) is 4.47 Å². The van der Waals surface area contributed by atoms with Crippen molar-refractivity contribution in [2.75, 3.05) is 10.6 Å². The Morgan fingerprint density at radius 1 is 0.875 bits per heavy atom. The van der Waals surface area contributed by atoms with Gasteiger partial charge in [0.1, 0.15) is 5.75 Å². The van der Waals surface area contributed by atoms with Crippen molar-refractivity contribution in [3.8, 4) is 5.75 Å². The number of anilines is 2. The van der Waals surface area contributed by atoms with Crippen molar-refractivity contribution in [2.24, 2.45) is 0 Å². The van der Waals surface area contributed by atoms with Crippen molar-refractivity contribution in [1.29, 1.82) is 0 Å². The van der Waals surface area contributed by atoms with Gasteiger partial charge in [-0.05, 0) is 80.7 Å². The van der Waals surface area contributed by atoms with Crippen LogP contribution in [0.4, 0.5) is 11.4 Å². The van der Waals surface area contributed by atoms with Gasteiger partial charge in [0.2, 0.25) is 0 Å². The second kappa shape index (κ2) is 10.9. The molecule has 8 heteroatoms. The molecule has 0 radical (unpaired) electrons. The van der Waals surface area contributed by atoms with Gasteiger partial charge in [-0.25, -0.2) is 0 Å². The lowest BCUT2D eigenvalue weighted by atomic mass is 10.2. The third-order valence-corrected chi connectivity index (χ3v) is 4.91. The molecule has 0 spiro atoms. The molecule has 2 amide bonds. The van der Waals surface area contributed by atoms with Gasteiger partial charge in [-0.1, -0.05) is 34.1 Å². The number of hydrogen-bond donors (Lipinski definition) is 3. The van der Waals surface area contributed by atoms with Crippen LogP contribution in [-0.2, 0) is 0 Å². The van der Waals surface area contributed by atoms with Crippen molar-refractivity contribution < 1.29 is 14.3 Å². The average Bonchev–Trinajstić information content (AvgIpc) is 2.76. The summed E-state index contributed by atoms with van der Waals surface area (Å²) in [7, 11) is 0. The minimum Gasteiger partial charge on any atom is -0.490 e. The van der Waals surface area contributed by atoms with Gasteiger partial charge in [0.15, 0.2) is 5.11 Å². The Kier molecular flexibility index (Phi) is 7.97. The number of rotatable bonds is 6. The molecule has 0 aliphatic heterocycles. The SMILES string of the molecule is CC(C)Oc1ccc(Br)cc1C(=O)NC(=S)Nc1ccc(NC(=O)c2ccccc2)cc1. The summed E-state index contributed by atoms with van der Waals surface area (Å²) >= 11 is 8.65. The molecule has 32 heavy (non-hydrogen) atoms. The molecule has 3 rings (SSSR count). The molecule has 0 saturated carbocycles. The Morgan fingerprint density at radius 3 is 2.12 bits per heavy atom. The van der Waals surface area contributed by atoms with Crippen LogP contribution < -0.4 is 20.7 Å². The third-order valence-electron chi connectivity index (χ3n) is 4.21. The summed E-state index contributed by atoms with van der Waals surface area (Å²) in [4.78, 5) is 25.0. The lowest BCUT2D eigenvalue weighted by Crippen LogP contribution is -2.34. The quantitative estimate of drug-likeness (QED) is 0.374. The number of halogens is 1. The van der Waals surface area contributed by atoms with Crippen LogP contribution in [0.5, 0.6) is 5.75 Å². The monoisotopic (exact) mass is 511 g/mol. The summed E-state index contributed by atoms with van der Waals surface area (Å²) in [6.45, 7) is 3.78. The van der Waals surface area contributed by atoms with Crippen LogP contribution in [0, 0.1) is 0 Å². The van der Waals surface area contributed by atoms with E-state index >= 15 is 0 Å². The van der Waals surface area contributed by atoms with Crippen LogP contribution >= 0.6 is 28.1 Å². The Hall–Kier alpha value is -3.23. The molecule has 3 N–H and O–H groups in total. The summed E-state index contributed by atoms with van der Waals surface area (Å²) in [5.74, 6) is -0.101. The van der Waals surface area contributed by atoms with Gasteiger partial charge in [-0.15, -0.1) is 0 Å². The second-order valence-electron chi connectivity index (χ2n) is 7.11. The van der Waals surface area contributed by atoms with Crippen molar-refractivity contribution in [3.63, 3.8) is 0 Å². The van der Waals surface area contributed by atoms with E-state index in [1.54, 1.807) is 48.5 Å². The van der Waals surface area contributed by atoms with E-state index in [1.165, 1.54) is 0 Å². The molecule has 0 heterocycles. The van der Waals surface area contributed by atoms with Gasteiger partial charge in [-0.2, -0.15) is 0 Å². The van der Waals surface area contributed by atoms with Crippen molar-refractivity contribution in [1.82, 2.24) is 5.32 Å². The molecule has 0 saturated heterocycles. The van der Waals surface area contributed by atoms with Crippen molar-refractivity contribution in [3.05, 3.63) is 88.4 Å². The largest absolute Gasteiger partial charge is 0.490 e. The van der Waals surface area contributed by atoms with E-state index < -0.39 is 0 Å². The van der Waals surface area contributed by atoms with E-state index in [9.17, 15) is 9.59 Å². The number of benzene rings is 3. The van der Waals surface area contributed by atoms with Gasteiger partial charge < -0.3 is 15.4 Å². The summed E-state index contributed by atoms with van der Waals surface area (Å²) in [6.07, 6.45) is -0.0753. The number of hydrogen-bond acceptors (Lipinski definition) is 4. The van der Waals surface area contributed by atoms with Gasteiger partial charge in [0.05, 0.1) is 11.7 Å². The lowest BCUT2D eigenvalue weighted by molar-refractivity contribution is 0.0970. The highest BCUT2D eigenvalue weighted by atomic mass is 79.9. The van der Waals surface area contributed by atoms with Crippen LogP contribution in [0.15, 0.2) is 77.3 Å². The van der Waals surface area contributed by atoms with Crippen molar-refractivity contribution in [2.45, 2.75) is 20.0 Å². The first-order valence-corrected chi connectivity index (χ1v) is 11.1. The fourth-order valence-corrected chi connectivity index (χ4v) is 3.37. The number of amides is 2. The Bertz CT molecular complexity index is 1120. The Labute approximate surface area is 200 Å². The zero-order chi connectivity index (χ0) is 23.1. The van der Waals surface area contributed by atoms with E-state index in [2.05, 4.69) is 31.9 Å². The third kappa shape index (κ3) is 6.63. The van der Waals surface area contributed by atoms with Gasteiger partial charge in [-0.3, -0.25) is 14.9 Å². The van der Waals surface area contributed by atoms with Crippen LogP contribution in [0.2, 0.25) is 0 Å². The van der Waals surface area contributed by atoms with E-state index in [0.29, 0.717) is 28.3 Å². The van der Waals surface area contributed by atoms with E-state index in [4.69, 9.17) is 17.0 Å². The Morgan fingerprint density at radius 2 is 1.50 bits per heavy atom. The van der Waals surface area contributed by atoms with Gasteiger partial charge in [0, 0.05) is 21.4 Å². The Balaban J connectivity index is 1.60. The normalized spacial score (nSPS) is 10.4. The summed E-state index contributed by atoms with van der Waals surface area (Å²) < 4.78 is 6.47. The minimum atomic E-state index is -0.383. The standard InChI is InChI=1S/C24H22BrN3O3S/c1-15(2)31-21-13-8-17(25)14-20(21)23(30)28-24(32)27-19-11-9-18(10-12-19)26-22(29)16-6-4-3-5-7-16/h3-15H,1-2H3,(H,26,29)(H2,27,28,30,32). The highest BCUT2D eigenvalue weighted by Gasteiger charge is 2.16. The maximum atomic E-state index is 12.7. The smallest absolute Gasteiger partial charge is 0.261 e. The molecular weight excluding hydrogens is 490 g/mol. The first kappa shape index (κ1) is 23.4. The molecule has 0 unspecified atom stereocenters. The predicted octanol–water partition coefficient (Wildman–Crippen LogP) is 5.62. The fraction of sp³-hybridized carbons (Fsp3) is 0.125. The highest BCUT2D eigenvalue weighted by Crippen LogP contribution is 2.24.